The smallest absolute Gasteiger partial charge is 0.0216 e. The first-order valence-corrected chi connectivity index (χ1v) is 3.74. The average Bonchev–Trinajstić information content (AvgIpc) is 1.85. The van der Waals surface area contributed by atoms with E-state index in [1.165, 1.54) is 17.6 Å². The predicted octanol–water partition coefficient (Wildman–Crippen LogP) is 3.08. The molecule has 1 rings (SSSR count). The molecule has 54 valence electrons. The lowest BCUT2D eigenvalue weighted by molar-refractivity contribution is 0.703. The van der Waals surface area contributed by atoms with E-state index >= 15 is 0 Å². The molecule has 0 nitrogen and oxygen atoms in total. The Morgan fingerprint density at radius 2 is 2.40 bits per heavy atom. The third-order valence-electron chi connectivity index (χ3n) is 1.77. The first-order chi connectivity index (χ1) is 4.72. The normalized spacial score (nSPS) is 25.2. The summed E-state index contributed by atoms with van der Waals surface area (Å²) in [5.41, 5.74) is 2.74. The number of allylic oxidation sites excluding steroid dienone is 5. The molecule has 0 bridgehead atoms. The Labute approximate surface area is 62.9 Å². The minimum absolute atomic E-state index is 0.693. The molecule has 0 aromatic heterocycles. The molecule has 0 spiro atoms. The molecular weight excluding hydrogens is 120 g/mol. The van der Waals surface area contributed by atoms with E-state index in [4.69, 9.17) is 0 Å². The van der Waals surface area contributed by atoms with E-state index in [0.29, 0.717) is 5.92 Å². The molecule has 1 atom stereocenters. The Hall–Kier alpha value is -0.780. The van der Waals surface area contributed by atoms with Gasteiger partial charge >= 0.3 is 0 Å². The largest absolute Gasteiger partial charge is 0.0985 e. The Morgan fingerprint density at radius 3 is 2.90 bits per heavy atom. The van der Waals surface area contributed by atoms with Crippen molar-refractivity contribution in [2.24, 2.45) is 5.92 Å². The predicted molar refractivity (Wildman–Crippen MR) is 45.8 cm³/mol. The maximum Gasteiger partial charge on any atom is -0.0216 e. The van der Waals surface area contributed by atoms with Crippen molar-refractivity contribution in [1.82, 2.24) is 0 Å². The lowest BCUT2D eigenvalue weighted by Gasteiger charge is -2.13. The van der Waals surface area contributed by atoms with Crippen molar-refractivity contribution < 1.29 is 0 Å². The van der Waals surface area contributed by atoms with Crippen molar-refractivity contribution in [3.63, 3.8) is 0 Å². The SMILES string of the molecule is C=CC1=CC(C)CC(C)=C1. The van der Waals surface area contributed by atoms with Gasteiger partial charge in [-0.3, -0.25) is 0 Å². The zero-order valence-electron chi connectivity index (χ0n) is 6.72. The highest BCUT2D eigenvalue weighted by molar-refractivity contribution is 5.35. The summed E-state index contributed by atoms with van der Waals surface area (Å²) in [5.74, 6) is 0.693. The molecule has 0 saturated heterocycles. The van der Waals surface area contributed by atoms with Crippen molar-refractivity contribution in [3.05, 3.63) is 36.0 Å². The van der Waals surface area contributed by atoms with Gasteiger partial charge < -0.3 is 0 Å². The van der Waals surface area contributed by atoms with Crippen LogP contribution in [0.25, 0.3) is 0 Å². The summed E-state index contributed by atoms with van der Waals surface area (Å²) < 4.78 is 0. The van der Waals surface area contributed by atoms with E-state index in [1.807, 2.05) is 6.08 Å². The van der Waals surface area contributed by atoms with Gasteiger partial charge in [0.2, 0.25) is 0 Å². The highest BCUT2D eigenvalue weighted by atomic mass is 14.1. The molecule has 0 saturated carbocycles. The van der Waals surface area contributed by atoms with Crippen molar-refractivity contribution in [2.75, 3.05) is 0 Å². The second kappa shape index (κ2) is 2.87. The van der Waals surface area contributed by atoms with Crippen LogP contribution in [0.15, 0.2) is 36.0 Å². The minimum atomic E-state index is 0.693. The van der Waals surface area contributed by atoms with Crippen molar-refractivity contribution >= 4 is 0 Å². The molecule has 0 aromatic carbocycles. The quantitative estimate of drug-likeness (QED) is 0.517. The summed E-state index contributed by atoms with van der Waals surface area (Å²) in [6.45, 7) is 8.15. The molecule has 0 N–H and O–H groups in total. The Morgan fingerprint density at radius 1 is 1.70 bits per heavy atom. The van der Waals surface area contributed by atoms with E-state index in [-0.39, 0.29) is 0 Å². The van der Waals surface area contributed by atoms with Crippen LogP contribution in [-0.2, 0) is 0 Å². The van der Waals surface area contributed by atoms with Gasteiger partial charge in [-0.2, -0.15) is 0 Å². The molecule has 0 aliphatic heterocycles. The zero-order valence-corrected chi connectivity index (χ0v) is 6.72. The zero-order chi connectivity index (χ0) is 7.56. The first-order valence-electron chi connectivity index (χ1n) is 3.74. The number of hydrogen-bond acceptors (Lipinski definition) is 0. The second-order valence-corrected chi connectivity index (χ2v) is 3.04. The lowest BCUT2D eigenvalue weighted by atomic mass is 9.93. The van der Waals surface area contributed by atoms with Crippen LogP contribution in [0.5, 0.6) is 0 Å². The maximum absolute atomic E-state index is 3.74. The third-order valence-corrected chi connectivity index (χ3v) is 1.77. The van der Waals surface area contributed by atoms with Gasteiger partial charge in [-0.1, -0.05) is 37.3 Å². The minimum Gasteiger partial charge on any atom is -0.0985 e. The number of rotatable bonds is 1. The average molecular weight is 134 g/mol. The summed E-state index contributed by atoms with van der Waals surface area (Å²) in [6.07, 6.45) is 7.59. The van der Waals surface area contributed by atoms with Crippen molar-refractivity contribution in [1.29, 1.82) is 0 Å². The summed E-state index contributed by atoms with van der Waals surface area (Å²) in [5, 5.41) is 0. The maximum atomic E-state index is 3.74. The van der Waals surface area contributed by atoms with Gasteiger partial charge in [0.05, 0.1) is 0 Å². The van der Waals surface area contributed by atoms with Gasteiger partial charge in [0.15, 0.2) is 0 Å². The van der Waals surface area contributed by atoms with E-state index in [1.54, 1.807) is 0 Å². The van der Waals surface area contributed by atoms with Crippen LogP contribution in [0.2, 0.25) is 0 Å². The van der Waals surface area contributed by atoms with Gasteiger partial charge in [0, 0.05) is 0 Å². The fourth-order valence-corrected chi connectivity index (χ4v) is 1.41. The molecule has 1 aliphatic carbocycles. The molecule has 0 aromatic rings. The summed E-state index contributed by atoms with van der Waals surface area (Å²) in [7, 11) is 0. The molecule has 1 aliphatic rings. The van der Waals surface area contributed by atoms with Crippen LogP contribution in [-0.4, -0.2) is 0 Å². The van der Waals surface area contributed by atoms with Gasteiger partial charge in [0.25, 0.3) is 0 Å². The van der Waals surface area contributed by atoms with Crippen molar-refractivity contribution in [2.45, 2.75) is 20.3 Å². The van der Waals surface area contributed by atoms with E-state index in [2.05, 4.69) is 32.6 Å². The lowest BCUT2D eigenvalue weighted by Crippen LogP contribution is -1.97. The van der Waals surface area contributed by atoms with Gasteiger partial charge in [-0.25, -0.2) is 0 Å². The molecule has 0 radical (unpaired) electrons. The van der Waals surface area contributed by atoms with Gasteiger partial charge in [-0.15, -0.1) is 0 Å². The molecule has 0 amide bonds. The second-order valence-electron chi connectivity index (χ2n) is 3.04. The molecule has 1 unspecified atom stereocenters. The fraction of sp³-hybridized carbons (Fsp3) is 0.400. The molecule has 0 fully saturated rings. The van der Waals surface area contributed by atoms with Crippen LogP contribution in [0.1, 0.15) is 20.3 Å². The molecule has 10 heavy (non-hydrogen) atoms. The Bertz CT molecular complexity index is 194. The van der Waals surface area contributed by atoms with Crippen LogP contribution in [0.4, 0.5) is 0 Å². The highest BCUT2D eigenvalue weighted by Crippen LogP contribution is 2.21. The van der Waals surface area contributed by atoms with E-state index in [9.17, 15) is 0 Å². The summed E-state index contributed by atoms with van der Waals surface area (Å²) in [4.78, 5) is 0. The Balaban J connectivity index is 2.81. The molecular formula is C10H14. The Kier molecular flexibility index (Phi) is 2.10. The van der Waals surface area contributed by atoms with Crippen LogP contribution in [0, 0.1) is 5.92 Å². The van der Waals surface area contributed by atoms with E-state index in [0.717, 1.165) is 0 Å². The molecule has 0 heteroatoms. The van der Waals surface area contributed by atoms with E-state index < -0.39 is 0 Å². The fourth-order valence-electron chi connectivity index (χ4n) is 1.41. The van der Waals surface area contributed by atoms with Gasteiger partial charge in [0.1, 0.15) is 0 Å². The van der Waals surface area contributed by atoms with Crippen molar-refractivity contribution in [3.8, 4) is 0 Å². The topological polar surface area (TPSA) is 0 Å². The molecule has 0 heterocycles. The first kappa shape index (κ1) is 7.33. The monoisotopic (exact) mass is 134 g/mol. The van der Waals surface area contributed by atoms with Gasteiger partial charge in [-0.05, 0) is 24.8 Å². The summed E-state index contributed by atoms with van der Waals surface area (Å²) >= 11 is 0. The standard InChI is InChI=1S/C10H14/c1-4-10-6-8(2)5-9(3)7-10/h4,6-8H,1,5H2,2-3H3. The van der Waals surface area contributed by atoms with Crippen LogP contribution >= 0.6 is 0 Å². The third kappa shape index (κ3) is 1.60. The van der Waals surface area contributed by atoms with Crippen LogP contribution < -0.4 is 0 Å². The summed E-state index contributed by atoms with van der Waals surface area (Å²) in [6, 6.07) is 0. The number of hydrogen-bond donors (Lipinski definition) is 0. The highest BCUT2D eigenvalue weighted by Gasteiger charge is 2.05. The van der Waals surface area contributed by atoms with Crippen LogP contribution in [0.3, 0.4) is 0 Å².